The molecule has 1 N–H and O–H groups in total. The first-order valence-electron chi connectivity index (χ1n) is 12.3. The van der Waals surface area contributed by atoms with Crippen molar-refractivity contribution in [1.29, 1.82) is 0 Å². The van der Waals surface area contributed by atoms with Crippen molar-refractivity contribution in [3.8, 4) is 11.5 Å². The molecule has 35 heavy (non-hydrogen) atoms. The van der Waals surface area contributed by atoms with Crippen LogP contribution in [0.15, 0.2) is 65.4 Å². The largest absolute Gasteiger partial charge is 0.493 e. The van der Waals surface area contributed by atoms with Gasteiger partial charge in [0, 0.05) is 41.3 Å². The number of anilines is 1. The monoisotopic (exact) mass is 471 g/mol. The highest BCUT2D eigenvalue weighted by Gasteiger charge is 2.68. The Labute approximate surface area is 205 Å². The lowest BCUT2D eigenvalue weighted by Gasteiger charge is -2.53. The fourth-order valence-corrected chi connectivity index (χ4v) is 7.52. The van der Waals surface area contributed by atoms with E-state index in [1.165, 1.54) is 11.1 Å². The lowest BCUT2D eigenvalue weighted by atomic mass is 9.61. The van der Waals surface area contributed by atoms with Gasteiger partial charge < -0.3 is 19.3 Å². The molecule has 6 rings (SSSR count). The molecular weight excluding hydrogens is 440 g/mol. The van der Waals surface area contributed by atoms with Crippen molar-refractivity contribution in [3.63, 3.8) is 0 Å². The summed E-state index contributed by atoms with van der Waals surface area (Å²) in [7, 11) is 3.19. The molecule has 6 nitrogen and oxygen atoms in total. The molecule has 4 aliphatic rings. The molecule has 3 heterocycles. The Morgan fingerprint density at radius 2 is 1.97 bits per heavy atom. The molecule has 0 unspecified atom stereocenters. The van der Waals surface area contributed by atoms with E-state index in [1.807, 2.05) is 12.1 Å². The first kappa shape index (κ1) is 22.1. The van der Waals surface area contributed by atoms with Crippen LogP contribution in [0.5, 0.6) is 11.5 Å². The SMILES string of the molecule is C/C=C1/C[N@+]2(CC(=O)c3ccc(OC)c(OC)c3)CC[C@]34C(=C(C=O)[C@H]1C[C@@H]32)Nc1ccccc14. The van der Waals surface area contributed by atoms with Gasteiger partial charge in [-0.1, -0.05) is 24.3 Å². The molecule has 180 valence electrons. The molecule has 2 saturated heterocycles. The van der Waals surface area contributed by atoms with Crippen LogP contribution >= 0.6 is 0 Å². The first-order chi connectivity index (χ1) is 17.0. The summed E-state index contributed by atoms with van der Waals surface area (Å²) in [6.07, 6.45) is 5.07. The maximum absolute atomic E-state index is 13.8. The van der Waals surface area contributed by atoms with Gasteiger partial charge in [-0.15, -0.1) is 0 Å². The third kappa shape index (κ3) is 2.86. The minimum Gasteiger partial charge on any atom is -0.493 e. The number of carbonyl (C=O) groups excluding carboxylic acids is 2. The second kappa shape index (κ2) is 7.82. The van der Waals surface area contributed by atoms with Gasteiger partial charge in [0.2, 0.25) is 5.78 Å². The second-order valence-corrected chi connectivity index (χ2v) is 10.3. The molecule has 1 spiro atoms. The second-order valence-electron chi connectivity index (χ2n) is 10.3. The van der Waals surface area contributed by atoms with Crippen LogP contribution in [0.25, 0.3) is 0 Å². The number of piperidine rings is 1. The molecule has 0 radical (unpaired) electrons. The van der Waals surface area contributed by atoms with Crippen LogP contribution in [-0.4, -0.2) is 56.4 Å². The summed E-state index contributed by atoms with van der Waals surface area (Å²) in [5, 5.41) is 3.65. The van der Waals surface area contributed by atoms with Gasteiger partial charge in [-0.2, -0.15) is 0 Å². The zero-order valence-electron chi connectivity index (χ0n) is 20.5. The van der Waals surface area contributed by atoms with Gasteiger partial charge in [-0.3, -0.25) is 9.59 Å². The van der Waals surface area contributed by atoms with Crippen LogP contribution in [0.4, 0.5) is 5.69 Å². The zero-order valence-corrected chi connectivity index (χ0v) is 20.5. The zero-order chi connectivity index (χ0) is 24.4. The van der Waals surface area contributed by atoms with E-state index in [2.05, 4.69) is 36.5 Å². The van der Waals surface area contributed by atoms with E-state index in [0.717, 1.165) is 53.7 Å². The van der Waals surface area contributed by atoms with Crippen molar-refractivity contribution in [1.82, 2.24) is 0 Å². The highest BCUT2D eigenvalue weighted by atomic mass is 16.5. The Bertz CT molecular complexity index is 1310. The normalized spacial score (nSPS) is 31.0. The lowest BCUT2D eigenvalue weighted by molar-refractivity contribution is -0.934. The molecule has 3 aliphatic heterocycles. The maximum atomic E-state index is 13.8. The predicted octanol–water partition coefficient (Wildman–Crippen LogP) is 4.27. The van der Waals surface area contributed by atoms with Gasteiger partial charge in [-0.05, 0) is 42.3 Å². The van der Waals surface area contributed by atoms with Gasteiger partial charge >= 0.3 is 0 Å². The van der Waals surface area contributed by atoms with Crippen molar-refractivity contribution in [3.05, 3.63) is 76.5 Å². The highest BCUT2D eigenvalue weighted by Crippen LogP contribution is 2.63. The van der Waals surface area contributed by atoms with Crippen LogP contribution < -0.4 is 14.8 Å². The minimum atomic E-state index is -0.236. The van der Waals surface area contributed by atoms with Crippen molar-refractivity contribution < 1.29 is 23.5 Å². The Kier molecular flexibility index (Phi) is 4.94. The van der Waals surface area contributed by atoms with Crippen molar-refractivity contribution >= 4 is 17.8 Å². The van der Waals surface area contributed by atoms with Gasteiger partial charge in [0.15, 0.2) is 11.5 Å². The Balaban J connectivity index is 1.46. The summed E-state index contributed by atoms with van der Waals surface area (Å²) in [6.45, 7) is 4.20. The number of fused-ring (bicyclic) bond motifs is 2. The first-order valence-corrected chi connectivity index (χ1v) is 12.3. The number of carbonyl (C=O) groups is 2. The highest BCUT2D eigenvalue weighted by molar-refractivity contribution is 5.97. The molecule has 2 fully saturated rings. The van der Waals surface area contributed by atoms with Gasteiger partial charge in [0.25, 0.3) is 0 Å². The van der Waals surface area contributed by atoms with E-state index in [9.17, 15) is 9.59 Å². The topological polar surface area (TPSA) is 64.6 Å². The number of quaternary nitrogens is 1. The molecule has 2 aromatic carbocycles. The van der Waals surface area contributed by atoms with Crippen molar-refractivity contribution in [2.75, 3.05) is 39.2 Å². The van der Waals surface area contributed by atoms with Crippen molar-refractivity contribution in [2.24, 2.45) is 5.92 Å². The molecule has 4 atom stereocenters. The third-order valence-electron chi connectivity index (χ3n) is 9.02. The van der Waals surface area contributed by atoms with Gasteiger partial charge in [-0.25, -0.2) is 0 Å². The minimum absolute atomic E-state index is 0.114. The van der Waals surface area contributed by atoms with E-state index < -0.39 is 0 Å². The number of nitrogens with one attached hydrogen (secondary N) is 1. The summed E-state index contributed by atoms with van der Waals surface area (Å²) in [5.41, 5.74) is 6.03. The van der Waals surface area contributed by atoms with Crippen molar-refractivity contribution in [2.45, 2.75) is 31.2 Å². The standard InChI is InChI=1S/C29H30N2O4/c1-4-18-15-31(16-24(33)19-9-10-25(34-2)26(13-19)35-3)12-11-29-22-7-5-6-8-23(22)30-28(29)21(17-32)20(18)14-27(29)31/h4-10,13,17,20,27H,11-12,14-16H2,1-3H3/p+1/b18-4-/t20-,27-,29+,31-/m0/s1. The summed E-state index contributed by atoms with van der Waals surface area (Å²) in [4.78, 5) is 26.2. The number of para-hydroxylation sites is 1. The summed E-state index contributed by atoms with van der Waals surface area (Å²) >= 11 is 0. The van der Waals surface area contributed by atoms with E-state index in [1.54, 1.807) is 26.4 Å². The number of benzene rings is 2. The van der Waals surface area contributed by atoms with E-state index in [-0.39, 0.29) is 23.2 Å². The number of allylic oxidation sites excluding steroid dienone is 2. The summed E-state index contributed by atoms with van der Waals surface area (Å²) < 4.78 is 11.6. The van der Waals surface area contributed by atoms with Crippen LogP contribution in [-0.2, 0) is 10.2 Å². The van der Waals surface area contributed by atoms with Crippen LogP contribution in [0.1, 0.15) is 35.7 Å². The number of aldehydes is 1. The quantitative estimate of drug-likeness (QED) is 0.295. The Morgan fingerprint density at radius 1 is 1.17 bits per heavy atom. The average Bonchev–Trinajstić information content (AvgIpc) is 3.42. The molecule has 2 bridgehead atoms. The molecule has 0 aromatic heterocycles. The average molecular weight is 472 g/mol. The molecule has 0 amide bonds. The van der Waals surface area contributed by atoms with Crippen LogP contribution in [0.2, 0.25) is 0 Å². The van der Waals surface area contributed by atoms with Crippen LogP contribution in [0.3, 0.4) is 0 Å². The number of ketones is 1. The number of ether oxygens (including phenoxy) is 2. The number of hydrogen-bond acceptors (Lipinski definition) is 5. The maximum Gasteiger partial charge on any atom is 0.217 e. The smallest absolute Gasteiger partial charge is 0.217 e. The predicted molar refractivity (Wildman–Crippen MR) is 134 cm³/mol. The number of Topliss-reactive ketones (excluding diaryl/α,β-unsaturated/α-hetero) is 1. The van der Waals surface area contributed by atoms with E-state index in [4.69, 9.17) is 9.47 Å². The molecule has 6 heteroatoms. The van der Waals surface area contributed by atoms with Gasteiger partial charge in [0.05, 0.1) is 26.2 Å². The number of hydrogen-bond donors (Lipinski definition) is 1. The number of methoxy groups -OCH3 is 2. The van der Waals surface area contributed by atoms with Gasteiger partial charge in [0.1, 0.15) is 25.4 Å². The fraction of sp³-hybridized carbons (Fsp3) is 0.379. The molecule has 0 saturated carbocycles. The summed E-state index contributed by atoms with van der Waals surface area (Å²) in [5.74, 6) is 1.41. The van der Waals surface area contributed by atoms with E-state index >= 15 is 0 Å². The van der Waals surface area contributed by atoms with Crippen LogP contribution in [0, 0.1) is 5.92 Å². The Hall–Kier alpha value is -3.38. The summed E-state index contributed by atoms with van der Waals surface area (Å²) in [6, 6.07) is 14.1. The van der Waals surface area contributed by atoms with E-state index in [0.29, 0.717) is 23.6 Å². The number of nitrogens with zero attached hydrogens (tertiary/aromatic N) is 1. The third-order valence-corrected chi connectivity index (χ3v) is 9.02. The molecular formula is C29H31N2O4+. The fourth-order valence-electron chi connectivity index (χ4n) is 7.52. The molecule has 2 aromatic rings. The molecule has 1 aliphatic carbocycles. The lowest BCUT2D eigenvalue weighted by Crippen LogP contribution is -2.64. The Morgan fingerprint density at radius 3 is 2.71 bits per heavy atom. The number of rotatable bonds is 6.